The first kappa shape index (κ1) is 9.25. The van der Waals surface area contributed by atoms with Gasteiger partial charge in [0.05, 0.1) is 4.47 Å². The van der Waals surface area contributed by atoms with Crippen LogP contribution in [0.25, 0.3) is 0 Å². The molecule has 0 aliphatic rings. The third-order valence-electron chi connectivity index (χ3n) is 1.11. The minimum atomic E-state index is -0.299. The minimum absolute atomic E-state index is 0.299. The summed E-state index contributed by atoms with van der Waals surface area (Å²) < 4.78 is 18.8. The molecule has 1 rings (SSSR count). The van der Waals surface area contributed by atoms with Crippen molar-refractivity contribution < 1.29 is 9.13 Å². The zero-order valence-corrected chi connectivity index (χ0v) is 9.22. The fourth-order valence-corrected chi connectivity index (χ4v) is 1.24. The van der Waals surface area contributed by atoms with Crippen LogP contribution in [-0.2, 0) is 0 Å². The Morgan fingerprint density at radius 1 is 1.55 bits per heavy atom. The molecular formula is C7H5BrFIO. The van der Waals surface area contributed by atoms with Crippen molar-refractivity contribution in [2.45, 2.75) is 0 Å². The van der Waals surface area contributed by atoms with Crippen molar-refractivity contribution in [3.8, 4) is 5.75 Å². The van der Waals surface area contributed by atoms with Crippen LogP contribution < -0.4 is 4.74 Å². The van der Waals surface area contributed by atoms with E-state index in [-0.39, 0.29) is 5.82 Å². The smallest absolute Gasteiger partial charge is 0.141 e. The number of hydrogen-bond donors (Lipinski definition) is 0. The van der Waals surface area contributed by atoms with E-state index in [1.807, 2.05) is 0 Å². The van der Waals surface area contributed by atoms with E-state index >= 15 is 0 Å². The van der Waals surface area contributed by atoms with Crippen LogP contribution >= 0.6 is 38.5 Å². The lowest BCUT2D eigenvalue weighted by atomic mass is 10.3. The summed E-state index contributed by atoms with van der Waals surface area (Å²) in [7, 11) is 0. The van der Waals surface area contributed by atoms with E-state index < -0.39 is 0 Å². The van der Waals surface area contributed by atoms with Gasteiger partial charge in [0.15, 0.2) is 0 Å². The Morgan fingerprint density at radius 2 is 2.27 bits per heavy atom. The molecule has 0 atom stereocenters. The van der Waals surface area contributed by atoms with Crippen molar-refractivity contribution >= 4 is 38.5 Å². The lowest BCUT2D eigenvalue weighted by Crippen LogP contribution is -1.88. The van der Waals surface area contributed by atoms with Gasteiger partial charge in [-0.25, -0.2) is 4.39 Å². The van der Waals surface area contributed by atoms with Gasteiger partial charge in [-0.2, -0.15) is 0 Å². The van der Waals surface area contributed by atoms with Crippen molar-refractivity contribution in [3.05, 3.63) is 28.5 Å². The average Bonchev–Trinajstić information content (AvgIpc) is 1.98. The highest BCUT2D eigenvalue weighted by molar-refractivity contribution is 14.1. The first-order valence-electron chi connectivity index (χ1n) is 2.88. The molecule has 0 aromatic heterocycles. The Balaban J connectivity index is 2.86. The molecule has 60 valence electrons. The summed E-state index contributed by atoms with van der Waals surface area (Å²) in [4.78, 5) is 0. The topological polar surface area (TPSA) is 9.23 Å². The summed E-state index contributed by atoms with van der Waals surface area (Å²) in [5, 5.41) is 0. The van der Waals surface area contributed by atoms with Crippen LogP contribution in [0.1, 0.15) is 0 Å². The monoisotopic (exact) mass is 330 g/mol. The molecule has 0 heterocycles. The quantitative estimate of drug-likeness (QED) is 0.597. The molecule has 0 spiro atoms. The van der Waals surface area contributed by atoms with Gasteiger partial charge in [-0.3, -0.25) is 0 Å². The number of alkyl halides is 1. The van der Waals surface area contributed by atoms with E-state index in [1.165, 1.54) is 6.07 Å². The maximum atomic E-state index is 12.8. The van der Waals surface area contributed by atoms with Crippen LogP contribution in [0.2, 0.25) is 0 Å². The van der Waals surface area contributed by atoms with E-state index in [9.17, 15) is 4.39 Å². The molecule has 1 aromatic rings. The van der Waals surface area contributed by atoms with Crippen LogP contribution in [0, 0.1) is 5.82 Å². The van der Waals surface area contributed by atoms with Gasteiger partial charge in [0.2, 0.25) is 0 Å². The Morgan fingerprint density at radius 3 is 2.82 bits per heavy atom. The fourth-order valence-electron chi connectivity index (χ4n) is 0.630. The predicted octanol–water partition coefficient (Wildman–Crippen LogP) is 3.36. The number of ether oxygens (including phenoxy) is 1. The van der Waals surface area contributed by atoms with E-state index in [4.69, 9.17) is 4.74 Å². The van der Waals surface area contributed by atoms with E-state index in [2.05, 4.69) is 38.5 Å². The van der Waals surface area contributed by atoms with Gasteiger partial charge in [-0.1, -0.05) is 0 Å². The Hall–Kier alpha value is 0.160. The summed E-state index contributed by atoms with van der Waals surface area (Å²) in [6.45, 7) is 0. The zero-order valence-electron chi connectivity index (χ0n) is 5.48. The molecule has 0 aliphatic carbocycles. The maximum Gasteiger partial charge on any atom is 0.141 e. The molecule has 0 saturated carbocycles. The fraction of sp³-hybridized carbons (Fsp3) is 0.143. The van der Waals surface area contributed by atoms with Crippen molar-refractivity contribution in [1.82, 2.24) is 0 Å². The second-order valence-corrected chi connectivity index (χ2v) is 3.31. The number of halogens is 3. The van der Waals surface area contributed by atoms with Crippen molar-refractivity contribution in [3.63, 3.8) is 0 Å². The summed E-state index contributed by atoms with van der Waals surface area (Å²) in [5.74, 6) is 0.257. The standard InChI is InChI=1S/C7H5BrFIO/c8-6-2-1-5(11-4-10)3-7(6)9/h1-3H,4H2. The molecule has 1 aromatic carbocycles. The Bertz CT molecular complexity index is 254. The third-order valence-corrected chi connectivity index (χ3v) is 2.07. The van der Waals surface area contributed by atoms with Gasteiger partial charge in [0, 0.05) is 6.07 Å². The largest absolute Gasteiger partial charge is 0.483 e. The molecule has 4 heteroatoms. The van der Waals surface area contributed by atoms with Gasteiger partial charge >= 0.3 is 0 Å². The minimum Gasteiger partial charge on any atom is -0.483 e. The highest BCUT2D eigenvalue weighted by Crippen LogP contribution is 2.20. The van der Waals surface area contributed by atoms with Crippen molar-refractivity contribution in [2.24, 2.45) is 0 Å². The van der Waals surface area contributed by atoms with Gasteiger partial charge in [-0.15, -0.1) is 0 Å². The predicted molar refractivity (Wildman–Crippen MR) is 53.6 cm³/mol. The second-order valence-electron chi connectivity index (χ2n) is 1.83. The molecule has 0 amide bonds. The molecule has 1 nitrogen and oxygen atoms in total. The van der Waals surface area contributed by atoms with Crippen LogP contribution in [0.3, 0.4) is 0 Å². The highest BCUT2D eigenvalue weighted by Gasteiger charge is 1.99. The summed E-state index contributed by atoms with van der Waals surface area (Å²) in [6, 6.07) is 4.69. The van der Waals surface area contributed by atoms with E-state index in [1.54, 1.807) is 12.1 Å². The van der Waals surface area contributed by atoms with E-state index in [0.29, 0.717) is 14.8 Å². The molecule has 0 N–H and O–H groups in total. The lowest BCUT2D eigenvalue weighted by molar-refractivity contribution is 0.401. The molecule has 11 heavy (non-hydrogen) atoms. The van der Waals surface area contributed by atoms with Gasteiger partial charge in [0.25, 0.3) is 0 Å². The highest BCUT2D eigenvalue weighted by atomic mass is 127. The van der Waals surface area contributed by atoms with Crippen molar-refractivity contribution in [1.29, 1.82) is 0 Å². The van der Waals surface area contributed by atoms with Crippen LogP contribution in [-0.4, -0.2) is 4.61 Å². The van der Waals surface area contributed by atoms with Gasteiger partial charge in [-0.05, 0) is 50.7 Å². The zero-order chi connectivity index (χ0) is 8.27. The average molecular weight is 331 g/mol. The normalized spacial score (nSPS) is 9.73. The van der Waals surface area contributed by atoms with Crippen LogP contribution in [0.4, 0.5) is 4.39 Å². The Labute approximate surface area is 86.2 Å². The van der Waals surface area contributed by atoms with Crippen LogP contribution in [0.15, 0.2) is 22.7 Å². The first-order chi connectivity index (χ1) is 5.24. The Kier molecular flexibility index (Phi) is 3.58. The number of benzene rings is 1. The molecule has 0 fully saturated rings. The van der Waals surface area contributed by atoms with Gasteiger partial charge < -0.3 is 4.74 Å². The first-order valence-corrected chi connectivity index (χ1v) is 5.19. The van der Waals surface area contributed by atoms with Gasteiger partial charge in [0.1, 0.15) is 16.2 Å². The maximum absolute atomic E-state index is 12.8. The number of rotatable bonds is 2. The molecule has 0 bridgehead atoms. The van der Waals surface area contributed by atoms with E-state index in [0.717, 1.165) is 0 Å². The lowest BCUT2D eigenvalue weighted by Gasteiger charge is -2.01. The number of hydrogen-bond acceptors (Lipinski definition) is 1. The summed E-state index contributed by atoms with van der Waals surface area (Å²) >= 11 is 5.10. The summed E-state index contributed by atoms with van der Waals surface area (Å²) in [6.07, 6.45) is 0. The molecular weight excluding hydrogens is 326 g/mol. The third kappa shape index (κ3) is 2.59. The van der Waals surface area contributed by atoms with Crippen molar-refractivity contribution in [2.75, 3.05) is 4.61 Å². The SMILES string of the molecule is Fc1cc(OCI)ccc1Br. The molecule has 0 unspecified atom stereocenters. The summed E-state index contributed by atoms with van der Waals surface area (Å²) in [5.41, 5.74) is 0. The van der Waals surface area contributed by atoms with Crippen LogP contribution in [0.5, 0.6) is 5.75 Å². The molecule has 0 saturated heterocycles. The molecule has 0 radical (unpaired) electrons. The second kappa shape index (κ2) is 4.25. The molecule has 0 aliphatic heterocycles.